The monoisotopic (exact) mass is 452 g/mol. The Kier molecular flexibility index (Phi) is 6.13. The van der Waals surface area contributed by atoms with E-state index in [1.165, 1.54) is 29.2 Å². The Labute approximate surface area is 188 Å². The Balaban J connectivity index is 1.59. The van der Waals surface area contributed by atoms with Crippen LogP contribution >= 0.6 is 11.6 Å². The van der Waals surface area contributed by atoms with Gasteiger partial charge in [-0.1, -0.05) is 17.7 Å². The van der Waals surface area contributed by atoms with Crippen molar-refractivity contribution < 1.29 is 18.8 Å². The van der Waals surface area contributed by atoms with E-state index >= 15 is 0 Å². The van der Waals surface area contributed by atoms with Crippen LogP contribution in [0.3, 0.4) is 0 Å². The number of pyridine rings is 1. The molecule has 3 aromatic rings. The molecule has 7 nitrogen and oxygen atoms in total. The van der Waals surface area contributed by atoms with Crippen molar-refractivity contribution in [1.82, 2.24) is 9.88 Å². The third kappa shape index (κ3) is 4.60. The number of halogens is 2. The number of hydrogen-bond donors (Lipinski definition) is 1. The second-order valence-electron chi connectivity index (χ2n) is 7.20. The van der Waals surface area contributed by atoms with Crippen molar-refractivity contribution in [3.8, 4) is 0 Å². The highest BCUT2D eigenvalue weighted by molar-refractivity contribution is 6.30. The van der Waals surface area contributed by atoms with Crippen molar-refractivity contribution in [1.29, 1.82) is 0 Å². The third-order valence-corrected chi connectivity index (χ3v) is 5.24. The maximum atomic E-state index is 13.3. The van der Waals surface area contributed by atoms with Crippen molar-refractivity contribution in [2.75, 3.05) is 10.2 Å². The molecule has 0 aliphatic carbocycles. The largest absolute Gasteiger partial charge is 0.332 e. The normalized spacial score (nSPS) is 15.9. The molecule has 32 heavy (non-hydrogen) atoms. The van der Waals surface area contributed by atoms with Gasteiger partial charge < -0.3 is 10.2 Å². The molecule has 2 aromatic carbocycles. The fourth-order valence-corrected chi connectivity index (χ4v) is 3.58. The van der Waals surface area contributed by atoms with E-state index in [1.54, 1.807) is 48.8 Å². The minimum absolute atomic E-state index is 0.0923. The van der Waals surface area contributed by atoms with Crippen LogP contribution in [0.25, 0.3) is 0 Å². The molecular weight excluding hydrogens is 435 g/mol. The summed E-state index contributed by atoms with van der Waals surface area (Å²) in [6.07, 6.45) is 2.94. The summed E-state index contributed by atoms with van der Waals surface area (Å²) < 4.78 is 13.3. The number of aromatic nitrogens is 1. The molecule has 4 amide bonds. The lowest BCUT2D eigenvalue weighted by Crippen LogP contribution is -2.37. The lowest BCUT2D eigenvalue weighted by atomic mass is 10.1. The van der Waals surface area contributed by atoms with Gasteiger partial charge in [-0.05, 0) is 60.2 Å². The van der Waals surface area contributed by atoms with E-state index in [2.05, 4.69) is 10.3 Å². The molecule has 1 fully saturated rings. The fourth-order valence-electron chi connectivity index (χ4n) is 3.45. The van der Waals surface area contributed by atoms with Crippen LogP contribution in [0.2, 0.25) is 5.02 Å². The molecule has 0 saturated carbocycles. The van der Waals surface area contributed by atoms with Gasteiger partial charge in [0.05, 0.1) is 12.1 Å². The summed E-state index contributed by atoms with van der Waals surface area (Å²) in [6, 6.07) is 13.5. The summed E-state index contributed by atoms with van der Waals surface area (Å²) in [5.41, 5.74) is 1.46. The van der Waals surface area contributed by atoms with Crippen molar-refractivity contribution >= 4 is 40.8 Å². The third-order valence-electron chi connectivity index (χ3n) is 4.99. The summed E-state index contributed by atoms with van der Waals surface area (Å²) in [5.74, 6) is -1.48. The summed E-state index contributed by atoms with van der Waals surface area (Å²) in [4.78, 5) is 45.4. The van der Waals surface area contributed by atoms with Gasteiger partial charge in [0.1, 0.15) is 11.9 Å². The zero-order valence-corrected chi connectivity index (χ0v) is 17.5. The van der Waals surface area contributed by atoms with E-state index in [0.717, 1.165) is 4.90 Å². The molecule has 0 spiro atoms. The Hall–Kier alpha value is -3.78. The van der Waals surface area contributed by atoms with Crippen LogP contribution in [-0.2, 0) is 16.1 Å². The number of nitrogens with one attached hydrogen (secondary N) is 1. The fraction of sp³-hybridized carbons (Fsp3) is 0.130. The lowest BCUT2D eigenvalue weighted by molar-refractivity contribution is -0.124. The Morgan fingerprint density at radius 2 is 1.78 bits per heavy atom. The van der Waals surface area contributed by atoms with Crippen molar-refractivity contribution in [3.05, 3.63) is 89.5 Å². The highest BCUT2D eigenvalue weighted by atomic mass is 35.5. The second-order valence-corrected chi connectivity index (χ2v) is 7.63. The van der Waals surface area contributed by atoms with Crippen LogP contribution in [-0.4, -0.2) is 33.8 Å². The molecule has 1 aliphatic heterocycles. The molecule has 0 unspecified atom stereocenters. The van der Waals surface area contributed by atoms with Crippen LogP contribution in [0.15, 0.2) is 73.1 Å². The number of amides is 4. The van der Waals surface area contributed by atoms with Gasteiger partial charge in [0.15, 0.2) is 0 Å². The van der Waals surface area contributed by atoms with E-state index < -0.39 is 29.7 Å². The highest BCUT2D eigenvalue weighted by Crippen LogP contribution is 2.28. The van der Waals surface area contributed by atoms with Gasteiger partial charge in [-0.15, -0.1) is 0 Å². The number of hydrogen-bond acceptors (Lipinski definition) is 4. The predicted molar refractivity (Wildman–Crippen MR) is 118 cm³/mol. The SMILES string of the molecule is O=C(C[C@H]1C(=O)N(c2ccc(F)cc2)C(=O)N1Cc1cccnc1)Nc1ccc(Cl)cc1. The van der Waals surface area contributed by atoms with Crippen LogP contribution in [0.4, 0.5) is 20.6 Å². The van der Waals surface area contributed by atoms with Crippen LogP contribution < -0.4 is 10.2 Å². The Bertz CT molecular complexity index is 1140. The minimum Gasteiger partial charge on any atom is -0.326 e. The molecule has 1 aliphatic rings. The van der Waals surface area contributed by atoms with Crippen molar-refractivity contribution in [2.45, 2.75) is 19.0 Å². The van der Waals surface area contributed by atoms with E-state index in [-0.39, 0.29) is 18.7 Å². The summed E-state index contributed by atoms with van der Waals surface area (Å²) in [5, 5.41) is 3.23. The highest BCUT2D eigenvalue weighted by Gasteiger charge is 2.46. The number of benzene rings is 2. The topological polar surface area (TPSA) is 82.6 Å². The van der Waals surface area contributed by atoms with E-state index in [4.69, 9.17) is 11.6 Å². The number of imide groups is 1. The number of nitrogens with zero attached hydrogens (tertiary/aromatic N) is 3. The maximum absolute atomic E-state index is 13.3. The van der Waals surface area contributed by atoms with Gasteiger partial charge >= 0.3 is 6.03 Å². The molecule has 1 aromatic heterocycles. The summed E-state index contributed by atoms with van der Waals surface area (Å²) >= 11 is 5.87. The van der Waals surface area contributed by atoms with Gasteiger partial charge in [0.2, 0.25) is 5.91 Å². The van der Waals surface area contributed by atoms with Crippen LogP contribution in [0, 0.1) is 5.82 Å². The smallest absolute Gasteiger partial charge is 0.326 e. The standard InChI is InChI=1S/C23H18ClFN4O3/c24-16-3-7-18(8-4-16)27-21(30)12-20-22(31)29(19-9-5-17(25)6-10-19)23(32)28(20)14-15-2-1-11-26-13-15/h1-11,13,20H,12,14H2,(H,27,30)/t20-/m0/s1. The zero-order chi connectivity index (χ0) is 22.7. The van der Waals surface area contributed by atoms with Gasteiger partial charge in [-0.3, -0.25) is 14.6 Å². The van der Waals surface area contributed by atoms with E-state index in [9.17, 15) is 18.8 Å². The number of carbonyl (C=O) groups excluding carboxylic acids is 3. The zero-order valence-electron chi connectivity index (χ0n) is 16.7. The molecule has 162 valence electrons. The lowest BCUT2D eigenvalue weighted by Gasteiger charge is -2.21. The number of carbonyl (C=O) groups is 3. The average molecular weight is 453 g/mol. The molecule has 2 heterocycles. The van der Waals surface area contributed by atoms with Gasteiger partial charge in [-0.25, -0.2) is 14.1 Å². The second kappa shape index (κ2) is 9.15. The molecule has 1 saturated heterocycles. The first-order valence-electron chi connectivity index (χ1n) is 9.77. The molecule has 4 rings (SSSR count). The predicted octanol–water partition coefficient (Wildman–Crippen LogP) is 4.24. The Morgan fingerprint density at radius 1 is 1.06 bits per heavy atom. The maximum Gasteiger partial charge on any atom is 0.332 e. The molecule has 9 heteroatoms. The first kappa shape index (κ1) is 21.5. The molecule has 0 radical (unpaired) electrons. The van der Waals surface area contributed by atoms with Gasteiger partial charge in [0.25, 0.3) is 5.91 Å². The number of anilines is 2. The first-order chi connectivity index (χ1) is 15.4. The van der Waals surface area contributed by atoms with E-state index in [1.807, 2.05) is 0 Å². The summed E-state index contributed by atoms with van der Waals surface area (Å²) in [6.45, 7) is 0.0923. The van der Waals surface area contributed by atoms with Crippen LogP contribution in [0.1, 0.15) is 12.0 Å². The average Bonchev–Trinajstić information content (AvgIpc) is 3.01. The first-order valence-corrected chi connectivity index (χ1v) is 10.1. The number of urea groups is 1. The van der Waals surface area contributed by atoms with Gasteiger partial charge in [0, 0.05) is 29.6 Å². The minimum atomic E-state index is -1.03. The van der Waals surface area contributed by atoms with Crippen LogP contribution in [0.5, 0.6) is 0 Å². The quantitative estimate of drug-likeness (QED) is 0.567. The van der Waals surface area contributed by atoms with E-state index in [0.29, 0.717) is 16.3 Å². The molecular formula is C23H18ClFN4O3. The molecule has 1 atom stereocenters. The molecule has 0 bridgehead atoms. The van der Waals surface area contributed by atoms with Crippen molar-refractivity contribution in [3.63, 3.8) is 0 Å². The van der Waals surface area contributed by atoms with Gasteiger partial charge in [-0.2, -0.15) is 0 Å². The summed E-state index contributed by atoms with van der Waals surface area (Å²) in [7, 11) is 0. The number of rotatable bonds is 6. The molecule has 1 N–H and O–H groups in total. The van der Waals surface area contributed by atoms with Crippen molar-refractivity contribution in [2.24, 2.45) is 0 Å². The Morgan fingerprint density at radius 3 is 2.44 bits per heavy atom.